The minimum Gasteiger partial charge on any atom is -0.489 e. The van der Waals surface area contributed by atoms with Crippen molar-refractivity contribution in [1.82, 2.24) is 0 Å². The van der Waals surface area contributed by atoms with Crippen LogP contribution in [0.25, 0.3) is 0 Å². The molecule has 2 aromatic carbocycles. The van der Waals surface area contributed by atoms with Crippen molar-refractivity contribution in [3.8, 4) is 11.8 Å². The van der Waals surface area contributed by atoms with Gasteiger partial charge in [0.25, 0.3) is 0 Å². The van der Waals surface area contributed by atoms with E-state index in [9.17, 15) is 0 Å². The van der Waals surface area contributed by atoms with Crippen molar-refractivity contribution in [2.75, 3.05) is 7.11 Å². The van der Waals surface area contributed by atoms with Crippen LogP contribution in [0.4, 0.5) is 0 Å². The van der Waals surface area contributed by atoms with Crippen LogP contribution in [0.1, 0.15) is 16.7 Å². The van der Waals surface area contributed by atoms with E-state index in [0.29, 0.717) is 12.2 Å². The molecule has 0 spiro atoms. The van der Waals surface area contributed by atoms with Gasteiger partial charge in [0.15, 0.2) is 5.71 Å². The molecule has 4 nitrogen and oxygen atoms in total. The van der Waals surface area contributed by atoms with Gasteiger partial charge in [0.2, 0.25) is 0 Å². The van der Waals surface area contributed by atoms with Crippen LogP contribution in [-0.4, -0.2) is 12.8 Å². The first-order chi connectivity index (χ1) is 10.2. The van der Waals surface area contributed by atoms with Crippen LogP contribution < -0.4 is 4.74 Å². The second-order valence-corrected chi connectivity index (χ2v) is 4.49. The summed E-state index contributed by atoms with van der Waals surface area (Å²) in [6.07, 6.45) is 0. The average molecular weight is 280 g/mol. The lowest BCUT2D eigenvalue weighted by Gasteiger charge is -2.10. The summed E-state index contributed by atoms with van der Waals surface area (Å²) in [7, 11) is 1.42. The number of nitrogens with zero attached hydrogens (tertiary/aromatic N) is 2. The Hall–Kier alpha value is -2.80. The molecule has 0 amide bonds. The second-order valence-electron chi connectivity index (χ2n) is 4.49. The van der Waals surface area contributed by atoms with Crippen LogP contribution in [0, 0.1) is 18.3 Å². The van der Waals surface area contributed by atoms with Crippen LogP contribution in [0.2, 0.25) is 0 Å². The third-order valence-corrected chi connectivity index (χ3v) is 2.98. The van der Waals surface area contributed by atoms with E-state index in [1.165, 1.54) is 12.7 Å². The van der Waals surface area contributed by atoms with Gasteiger partial charge in [0.1, 0.15) is 25.5 Å². The maximum atomic E-state index is 9.15. The molecule has 2 aromatic rings. The zero-order valence-electron chi connectivity index (χ0n) is 12.0. The van der Waals surface area contributed by atoms with Gasteiger partial charge in [0, 0.05) is 5.56 Å². The smallest absolute Gasteiger partial charge is 0.187 e. The topological polar surface area (TPSA) is 54.6 Å². The predicted molar refractivity (Wildman–Crippen MR) is 81.1 cm³/mol. The largest absolute Gasteiger partial charge is 0.489 e. The van der Waals surface area contributed by atoms with E-state index >= 15 is 0 Å². The highest BCUT2D eigenvalue weighted by atomic mass is 16.6. The fraction of sp³-hybridized carbons (Fsp3) is 0.176. The van der Waals surface area contributed by atoms with E-state index in [1.54, 1.807) is 0 Å². The molecular weight excluding hydrogens is 264 g/mol. The van der Waals surface area contributed by atoms with Gasteiger partial charge >= 0.3 is 0 Å². The number of hydrogen-bond acceptors (Lipinski definition) is 4. The van der Waals surface area contributed by atoms with Crippen LogP contribution >= 0.6 is 0 Å². The molecule has 0 radical (unpaired) electrons. The Morgan fingerprint density at radius 2 is 1.86 bits per heavy atom. The number of nitriles is 1. The summed E-state index contributed by atoms with van der Waals surface area (Å²) in [5.41, 5.74) is 3.02. The van der Waals surface area contributed by atoms with Crippen molar-refractivity contribution in [3.05, 3.63) is 65.2 Å². The number of rotatable bonds is 5. The monoisotopic (exact) mass is 280 g/mol. The molecule has 0 aliphatic heterocycles. The van der Waals surface area contributed by atoms with E-state index < -0.39 is 0 Å². The summed E-state index contributed by atoms with van der Waals surface area (Å²) >= 11 is 0. The van der Waals surface area contributed by atoms with Gasteiger partial charge in [-0.25, -0.2) is 0 Å². The van der Waals surface area contributed by atoms with Gasteiger partial charge in [0.05, 0.1) is 0 Å². The summed E-state index contributed by atoms with van der Waals surface area (Å²) in [6.45, 7) is 2.39. The van der Waals surface area contributed by atoms with Crippen molar-refractivity contribution < 1.29 is 9.57 Å². The minimum absolute atomic E-state index is 0.237. The molecular formula is C17H16N2O2. The third-order valence-electron chi connectivity index (χ3n) is 2.98. The van der Waals surface area contributed by atoms with Crippen LogP contribution in [0.15, 0.2) is 53.7 Å². The number of oxime groups is 1. The fourth-order valence-electron chi connectivity index (χ4n) is 1.89. The summed E-state index contributed by atoms with van der Waals surface area (Å²) in [6, 6.07) is 17.4. The SMILES string of the molecule is CO/N=C(/C#N)c1ccccc1COc1ccc(C)cc1. The molecule has 0 fully saturated rings. The summed E-state index contributed by atoms with van der Waals surface area (Å²) in [4.78, 5) is 4.70. The molecule has 21 heavy (non-hydrogen) atoms. The molecule has 0 aliphatic carbocycles. The fourth-order valence-corrected chi connectivity index (χ4v) is 1.89. The third kappa shape index (κ3) is 3.83. The van der Waals surface area contributed by atoms with Gasteiger partial charge in [-0.15, -0.1) is 0 Å². The Morgan fingerprint density at radius 1 is 1.14 bits per heavy atom. The molecule has 0 unspecified atom stereocenters. The summed E-state index contributed by atoms with van der Waals surface area (Å²) < 4.78 is 5.76. The molecule has 2 rings (SSSR count). The highest BCUT2D eigenvalue weighted by molar-refractivity contribution is 6.12. The molecule has 4 heteroatoms. The molecule has 0 heterocycles. The maximum Gasteiger partial charge on any atom is 0.187 e. The van der Waals surface area contributed by atoms with Gasteiger partial charge in [-0.1, -0.05) is 47.1 Å². The van der Waals surface area contributed by atoms with Gasteiger partial charge in [-0.2, -0.15) is 5.26 Å². The molecule has 0 aliphatic rings. The number of benzene rings is 2. The summed E-state index contributed by atoms with van der Waals surface area (Å²) in [5.74, 6) is 0.789. The van der Waals surface area contributed by atoms with E-state index in [0.717, 1.165) is 11.3 Å². The van der Waals surface area contributed by atoms with Gasteiger partial charge in [-0.05, 0) is 24.6 Å². The first-order valence-electron chi connectivity index (χ1n) is 6.53. The number of hydrogen-bond donors (Lipinski definition) is 0. The highest BCUT2D eigenvalue weighted by Crippen LogP contribution is 2.16. The Bertz CT molecular complexity index is 670. The van der Waals surface area contributed by atoms with E-state index in [1.807, 2.05) is 61.5 Å². The molecule has 106 valence electrons. The Labute approximate surface area is 124 Å². The molecule has 0 bridgehead atoms. The molecule has 0 saturated carbocycles. The zero-order chi connectivity index (χ0) is 15.1. The van der Waals surface area contributed by atoms with Crippen LogP contribution in [-0.2, 0) is 11.4 Å². The summed E-state index contributed by atoms with van der Waals surface area (Å²) in [5, 5.41) is 12.9. The average Bonchev–Trinajstić information content (AvgIpc) is 2.52. The number of aryl methyl sites for hydroxylation is 1. The Balaban J connectivity index is 2.19. The zero-order valence-corrected chi connectivity index (χ0v) is 12.0. The van der Waals surface area contributed by atoms with Crippen molar-refractivity contribution in [1.29, 1.82) is 5.26 Å². The van der Waals surface area contributed by atoms with E-state index in [4.69, 9.17) is 14.8 Å². The highest BCUT2D eigenvalue weighted by Gasteiger charge is 2.09. The lowest BCUT2D eigenvalue weighted by Crippen LogP contribution is -2.06. The Kier molecular flexibility index (Phi) is 4.94. The molecule has 0 aromatic heterocycles. The van der Waals surface area contributed by atoms with Gasteiger partial charge < -0.3 is 9.57 Å². The number of ether oxygens (including phenoxy) is 1. The predicted octanol–water partition coefficient (Wildman–Crippen LogP) is 3.45. The van der Waals surface area contributed by atoms with Crippen LogP contribution in [0.3, 0.4) is 0 Å². The first kappa shape index (κ1) is 14.6. The first-order valence-corrected chi connectivity index (χ1v) is 6.53. The van der Waals surface area contributed by atoms with E-state index in [-0.39, 0.29) is 5.71 Å². The van der Waals surface area contributed by atoms with E-state index in [2.05, 4.69) is 5.16 Å². The van der Waals surface area contributed by atoms with Crippen molar-refractivity contribution in [2.45, 2.75) is 13.5 Å². The lowest BCUT2D eigenvalue weighted by molar-refractivity contribution is 0.214. The molecule has 0 N–H and O–H groups in total. The van der Waals surface area contributed by atoms with Crippen LogP contribution in [0.5, 0.6) is 5.75 Å². The second kappa shape index (κ2) is 7.11. The standard InChI is InChI=1S/C17H16N2O2/c1-13-7-9-15(10-8-13)21-12-14-5-3-4-6-16(14)17(11-18)19-20-2/h3-10H,12H2,1-2H3/b19-17-. The van der Waals surface area contributed by atoms with Crippen molar-refractivity contribution in [2.24, 2.45) is 5.16 Å². The molecule has 0 atom stereocenters. The van der Waals surface area contributed by atoms with Gasteiger partial charge in [-0.3, -0.25) is 0 Å². The lowest BCUT2D eigenvalue weighted by atomic mass is 10.0. The van der Waals surface area contributed by atoms with Crippen molar-refractivity contribution >= 4 is 5.71 Å². The quantitative estimate of drug-likeness (QED) is 0.622. The minimum atomic E-state index is 0.237. The molecule has 0 saturated heterocycles. The van der Waals surface area contributed by atoms with Crippen molar-refractivity contribution in [3.63, 3.8) is 0 Å². The normalized spacial score (nSPS) is 10.8. The Morgan fingerprint density at radius 3 is 2.52 bits per heavy atom. The maximum absolute atomic E-state index is 9.15.